The molecule has 6 rings (SSSR count). The Morgan fingerprint density at radius 1 is 0.595 bits per heavy atom. The molecule has 0 aliphatic heterocycles. The number of aryl methyl sites for hydroxylation is 2. The average Bonchev–Trinajstić information content (AvgIpc) is 3.64. The molecule has 0 amide bonds. The van der Waals surface area contributed by atoms with Gasteiger partial charge in [-0.05, 0) is 92.2 Å². The largest absolute Gasteiger partial charge is 0.247 e. The van der Waals surface area contributed by atoms with Gasteiger partial charge in [0.2, 0.25) is 0 Å². The summed E-state index contributed by atoms with van der Waals surface area (Å²) < 4.78 is 31.9. The number of benzene rings is 4. The molecule has 0 unspecified atom stereocenters. The summed E-state index contributed by atoms with van der Waals surface area (Å²) in [5.41, 5.74) is 6.62. The van der Waals surface area contributed by atoms with Gasteiger partial charge in [0.05, 0.1) is 25.5 Å². The minimum absolute atomic E-state index is 0.234. The summed E-state index contributed by atoms with van der Waals surface area (Å²) in [4.78, 5) is 0. The van der Waals surface area contributed by atoms with E-state index in [1.807, 2.05) is 73.1 Å². The second-order valence-corrected chi connectivity index (χ2v) is 11.4. The Balaban J connectivity index is 0.000000168. The summed E-state index contributed by atoms with van der Waals surface area (Å²) in [5, 5.41) is 16.6. The van der Waals surface area contributed by atoms with Crippen LogP contribution in [0.1, 0.15) is 22.3 Å². The van der Waals surface area contributed by atoms with Crippen LogP contribution in [0.4, 0.5) is 8.78 Å². The molecule has 42 heavy (non-hydrogen) atoms. The first kappa shape index (κ1) is 29.5. The van der Waals surface area contributed by atoms with Crippen molar-refractivity contribution in [1.29, 1.82) is 0 Å². The number of halogens is 4. The fraction of sp³-hybridized carbons (Fsp3) is 0.125. The molecule has 212 valence electrons. The highest BCUT2D eigenvalue weighted by molar-refractivity contribution is 9.11. The van der Waals surface area contributed by atoms with Gasteiger partial charge in [0, 0.05) is 20.1 Å². The van der Waals surface area contributed by atoms with Crippen molar-refractivity contribution in [3.63, 3.8) is 0 Å². The van der Waals surface area contributed by atoms with Crippen LogP contribution < -0.4 is 0 Å². The van der Waals surface area contributed by atoms with E-state index in [4.69, 9.17) is 0 Å². The van der Waals surface area contributed by atoms with Crippen LogP contribution in [0.25, 0.3) is 22.5 Å². The molecule has 6 aromatic rings. The third-order valence-corrected chi connectivity index (χ3v) is 7.81. The summed E-state index contributed by atoms with van der Waals surface area (Å²) in [5.74, 6) is -0.468. The van der Waals surface area contributed by atoms with E-state index in [1.54, 1.807) is 35.3 Å². The van der Waals surface area contributed by atoms with E-state index in [0.717, 1.165) is 33.6 Å². The monoisotopic (exact) mass is 690 g/mol. The molecule has 0 saturated carbocycles. The van der Waals surface area contributed by atoms with Gasteiger partial charge in [-0.2, -0.15) is 0 Å². The van der Waals surface area contributed by atoms with Crippen molar-refractivity contribution in [2.75, 3.05) is 0 Å². The standard InChI is InChI=1S/2C16H13BrFN3/c2*1-11-7-13(14(17)8-15(11)18)16-10-21(20-19-16)9-12-5-3-2-4-6-12/h2*2-8,10H,9H2,1H3. The third kappa shape index (κ3) is 7.24. The van der Waals surface area contributed by atoms with Crippen LogP contribution in [0.5, 0.6) is 0 Å². The number of rotatable bonds is 6. The lowest BCUT2D eigenvalue weighted by Crippen LogP contribution is -1.99. The molecule has 0 fully saturated rings. The summed E-state index contributed by atoms with van der Waals surface area (Å²) in [6, 6.07) is 26.6. The van der Waals surface area contributed by atoms with Crippen molar-refractivity contribution in [2.45, 2.75) is 26.9 Å². The van der Waals surface area contributed by atoms with Gasteiger partial charge < -0.3 is 0 Å². The van der Waals surface area contributed by atoms with Gasteiger partial charge in [-0.1, -0.05) is 71.1 Å². The van der Waals surface area contributed by atoms with Gasteiger partial charge >= 0.3 is 0 Å². The third-order valence-electron chi connectivity index (χ3n) is 6.50. The zero-order chi connectivity index (χ0) is 29.6. The van der Waals surface area contributed by atoms with Crippen LogP contribution in [-0.4, -0.2) is 30.0 Å². The van der Waals surface area contributed by atoms with Gasteiger partial charge in [-0.15, -0.1) is 10.2 Å². The number of nitrogens with zero attached hydrogens (tertiary/aromatic N) is 6. The average molecular weight is 692 g/mol. The molecular weight excluding hydrogens is 666 g/mol. The highest BCUT2D eigenvalue weighted by atomic mass is 79.9. The van der Waals surface area contributed by atoms with Crippen molar-refractivity contribution in [1.82, 2.24) is 30.0 Å². The summed E-state index contributed by atoms with van der Waals surface area (Å²) >= 11 is 6.75. The molecule has 4 aromatic carbocycles. The van der Waals surface area contributed by atoms with Crippen LogP contribution in [0.3, 0.4) is 0 Å². The zero-order valence-electron chi connectivity index (χ0n) is 22.8. The van der Waals surface area contributed by atoms with E-state index in [9.17, 15) is 8.78 Å². The molecule has 0 saturated heterocycles. The fourth-order valence-corrected chi connectivity index (χ4v) is 5.28. The predicted octanol–water partition coefficient (Wildman–Crippen LogP) is 8.41. The molecular formula is C32H26Br2F2N6. The lowest BCUT2D eigenvalue weighted by molar-refractivity contribution is 0.617. The van der Waals surface area contributed by atoms with Crippen LogP contribution in [-0.2, 0) is 13.1 Å². The predicted molar refractivity (Wildman–Crippen MR) is 167 cm³/mol. The van der Waals surface area contributed by atoms with Gasteiger partial charge in [0.15, 0.2) is 0 Å². The SMILES string of the molecule is Cc1cc(-c2cn(Cc3ccccc3)nn2)c(Br)cc1F.Cc1cc(-c2cn(Cc3ccccc3)nn2)c(Br)cc1F. The van der Waals surface area contributed by atoms with Crippen LogP contribution in [0.15, 0.2) is 106 Å². The Morgan fingerprint density at radius 3 is 1.36 bits per heavy atom. The molecule has 0 aliphatic rings. The minimum atomic E-state index is -0.234. The smallest absolute Gasteiger partial charge is 0.127 e. The molecule has 0 aliphatic carbocycles. The van der Waals surface area contributed by atoms with Gasteiger partial charge in [0.25, 0.3) is 0 Å². The quantitative estimate of drug-likeness (QED) is 0.176. The van der Waals surface area contributed by atoms with E-state index in [-0.39, 0.29) is 11.6 Å². The lowest BCUT2D eigenvalue weighted by Gasteiger charge is -2.03. The van der Waals surface area contributed by atoms with Crippen LogP contribution in [0.2, 0.25) is 0 Å². The maximum atomic E-state index is 13.5. The molecule has 0 N–H and O–H groups in total. The highest BCUT2D eigenvalue weighted by Crippen LogP contribution is 2.30. The second-order valence-electron chi connectivity index (χ2n) is 9.74. The van der Waals surface area contributed by atoms with Crippen LogP contribution >= 0.6 is 31.9 Å². The van der Waals surface area contributed by atoms with Crippen molar-refractivity contribution in [2.24, 2.45) is 0 Å². The molecule has 0 spiro atoms. The number of hydrogen-bond acceptors (Lipinski definition) is 4. The van der Waals surface area contributed by atoms with E-state index in [0.29, 0.717) is 33.2 Å². The molecule has 10 heteroatoms. The lowest BCUT2D eigenvalue weighted by atomic mass is 10.1. The first-order valence-corrected chi connectivity index (χ1v) is 14.7. The summed E-state index contributed by atoms with van der Waals surface area (Å²) in [6.45, 7) is 4.79. The molecule has 2 aromatic heterocycles. The van der Waals surface area contributed by atoms with E-state index < -0.39 is 0 Å². The molecule has 0 bridgehead atoms. The normalized spacial score (nSPS) is 10.8. The van der Waals surface area contributed by atoms with Crippen molar-refractivity contribution in [3.8, 4) is 22.5 Å². The van der Waals surface area contributed by atoms with E-state index in [1.165, 1.54) is 12.1 Å². The zero-order valence-corrected chi connectivity index (χ0v) is 26.0. The van der Waals surface area contributed by atoms with Gasteiger partial charge in [-0.25, -0.2) is 18.1 Å². The first-order valence-electron chi connectivity index (χ1n) is 13.1. The summed E-state index contributed by atoms with van der Waals surface area (Å²) in [6.07, 6.45) is 3.73. The van der Waals surface area contributed by atoms with Crippen molar-refractivity contribution in [3.05, 3.63) is 140 Å². The van der Waals surface area contributed by atoms with Gasteiger partial charge in [-0.3, -0.25) is 0 Å². The Labute approximate surface area is 259 Å². The minimum Gasteiger partial charge on any atom is -0.247 e. The first-order chi connectivity index (χ1) is 20.3. The molecule has 6 nitrogen and oxygen atoms in total. The second kappa shape index (κ2) is 13.3. The highest BCUT2D eigenvalue weighted by Gasteiger charge is 2.12. The Hall–Kier alpha value is -4.02. The molecule has 0 atom stereocenters. The van der Waals surface area contributed by atoms with Crippen LogP contribution in [0, 0.1) is 25.5 Å². The fourth-order valence-electron chi connectivity index (χ4n) is 4.25. The van der Waals surface area contributed by atoms with Crippen molar-refractivity contribution < 1.29 is 8.78 Å². The Bertz CT molecular complexity index is 1670. The maximum Gasteiger partial charge on any atom is 0.127 e. The van der Waals surface area contributed by atoms with Gasteiger partial charge in [0.1, 0.15) is 23.0 Å². The molecule has 2 heterocycles. The molecule has 0 radical (unpaired) electrons. The van der Waals surface area contributed by atoms with E-state index >= 15 is 0 Å². The Morgan fingerprint density at radius 2 is 0.976 bits per heavy atom. The Kier molecular flexibility index (Phi) is 9.34. The number of hydrogen-bond donors (Lipinski definition) is 0. The maximum absolute atomic E-state index is 13.5. The van der Waals surface area contributed by atoms with E-state index in [2.05, 4.69) is 52.5 Å². The number of aromatic nitrogens is 6. The van der Waals surface area contributed by atoms with Crippen molar-refractivity contribution >= 4 is 31.9 Å². The topological polar surface area (TPSA) is 61.4 Å². The summed E-state index contributed by atoms with van der Waals surface area (Å²) in [7, 11) is 0.